The van der Waals surface area contributed by atoms with Crippen LogP contribution in [0, 0.1) is 0 Å². The Bertz CT molecular complexity index is 331. The minimum absolute atomic E-state index is 0.186. The molecule has 2 rings (SSSR count). The predicted octanol–water partition coefficient (Wildman–Crippen LogP) is 1.64. The van der Waals surface area contributed by atoms with Crippen LogP contribution in [0.3, 0.4) is 0 Å². The fraction of sp³-hybridized carbons (Fsp3) is 0.692. The van der Waals surface area contributed by atoms with E-state index in [0.29, 0.717) is 12.6 Å². The van der Waals surface area contributed by atoms with Gasteiger partial charge in [-0.15, -0.1) is 0 Å². The maximum absolute atomic E-state index is 9.03. The lowest BCUT2D eigenvalue weighted by molar-refractivity contribution is 0.140. The van der Waals surface area contributed by atoms with Gasteiger partial charge in [0, 0.05) is 37.8 Å². The van der Waals surface area contributed by atoms with E-state index in [1.165, 1.54) is 5.56 Å². The standard InChI is InChI=1S/C13H21NO3/c1-16-9-10(5-7-15)14-12-3-2-4-13-11(12)6-8-17-13/h6,8,10,12,14-15H,2-5,7,9H2,1H3. The monoisotopic (exact) mass is 239 g/mol. The molecule has 0 aliphatic heterocycles. The molecule has 2 atom stereocenters. The first-order valence-corrected chi connectivity index (χ1v) is 6.27. The van der Waals surface area contributed by atoms with Crippen LogP contribution in [-0.2, 0) is 11.2 Å². The normalized spacial score (nSPS) is 21.2. The van der Waals surface area contributed by atoms with E-state index in [0.717, 1.165) is 31.4 Å². The Morgan fingerprint density at radius 2 is 2.53 bits per heavy atom. The summed E-state index contributed by atoms with van der Waals surface area (Å²) in [7, 11) is 1.69. The van der Waals surface area contributed by atoms with Crippen molar-refractivity contribution in [1.82, 2.24) is 5.32 Å². The third kappa shape index (κ3) is 3.09. The topological polar surface area (TPSA) is 54.6 Å². The lowest BCUT2D eigenvalue weighted by Gasteiger charge is -2.27. The molecule has 17 heavy (non-hydrogen) atoms. The van der Waals surface area contributed by atoms with Gasteiger partial charge in [0.2, 0.25) is 0 Å². The molecule has 0 spiro atoms. The van der Waals surface area contributed by atoms with E-state index in [1.54, 1.807) is 13.4 Å². The molecule has 0 amide bonds. The first-order chi connectivity index (χ1) is 8.35. The Balaban J connectivity index is 1.99. The summed E-state index contributed by atoms with van der Waals surface area (Å²) < 4.78 is 10.6. The Hall–Kier alpha value is -0.840. The largest absolute Gasteiger partial charge is 0.469 e. The summed E-state index contributed by atoms with van der Waals surface area (Å²) in [6.45, 7) is 0.816. The van der Waals surface area contributed by atoms with Crippen molar-refractivity contribution < 1.29 is 14.3 Å². The maximum atomic E-state index is 9.03. The number of fused-ring (bicyclic) bond motifs is 1. The van der Waals surface area contributed by atoms with Gasteiger partial charge in [0.1, 0.15) is 5.76 Å². The van der Waals surface area contributed by atoms with Crippen molar-refractivity contribution in [2.75, 3.05) is 20.3 Å². The van der Waals surface area contributed by atoms with Crippen molar-refractivity contribution in [2.24, 2.45) is 0 Å². The number of furan rings is 1. The molecule has 0 saturated carbocycles. The molecule has 0 bridgehead atoms. The summed E-state index contributed by atoms with van der Waals surface area (Å²) in [5, 5.41) is 12.6. The maximum Gasteiger partial charge on any atom is 0.108 e. The SMILES string of the molecule is COCC(CCO)NC1CCCc2occc21. The van der Waals surface area contributed by atoms with E-state index in [9.17, 15) is 0 Å². The Morgan fingerprint density at radius 1 is 1.65 bits per heavy atom. The van der Waals surface area contributed by atoms with Crippen molar-refractivity contribution in [3.63, 3.8) is 0 Å². The van der Waals surface area contributed by atoms with Crippen LogP contribution < -0.4 is 5.32 Å². The molecule has 2 unspecified atom stereocenters. The average molecular weight is 239 g/mol. The molecule has 4 nitrogen and oxygen atoms in total. The van der Waals surface area contributed by atoms with Crippen molar-refractivity contribution in [3.8, 4) is 0 Å². The van der Waals surface area contributed by atoms with Crippen molar-refractivity contribution in [3.05, 3.63) is 23.7 Å². The van der Waals surface area contributed by atoms with Gasteiger partial charge in [-0.1, -0.05) is 0 Å². The number of methoxy groups -OCH3 is 1. The van der Waals surface area contributed by atoms with Crippen LogP contribution in [-0.4, -0.2) is 31.5 Å². The molecule has 0 aromatic carbocycles. The minimum Gasteiger partial charge on any atom is -0.469 e. The highest BCUT2D eigenvalue weighted by molar-refractivity contribution is 5.24. The molecule has 1 aliphatic carbocycles. The van der Waals surface area contributed by atoms with Crippen LogP contribution in [0.5, 0.6) is 0 Å². The van der Waals surface area contributed by atoms with Crippen LogP contribution in [0.1, 0.15) is 36.6 Å². The number of aliphatic hydroxyl groups excluding tert-OH is 1. The number of aryl methyl sites for hydroxylation is 1. The van der Waals surface area contributed by atoms with E-state index in [1.807, 2.05) is 0 Å². The van der Waals surface area contributed by atoms with E-state index in [2.05, 4.69) is 11.4 Å². The molecular weight excluding hydrogens is 218 g/mol. The molecule has 2 N–H and O–H groups in total. The van der Waals surface area contributed by atoms with Crippen LogP contribution in [0.25, 0.3) is 0 Å². The van der Waals surface area contributed by atoms with E-state index >= 15 is 0 Å². The average Bonchev–Trinajstić information content (AvgIpc) is 2.79. The lowest BCUT2D eigenvalue weighted by Crippen LogP contribution is -2.38. The summed E-state index contributed by atoms with van der Waals surface area (Å²) in [6, 6.07) is 2.59. The third-order valence-electron chi connectivity index (χ3n) is 3.33. The van der Waals surface area contributed by atoms with Crippen LogP contribution in [0.4, 0.5) is 0 Å². The van der Waals surface area contributed by atoms with E-state index in [4.69, 9.17) is 14.3 Å². The van der Waals surface area contributed by atoms with E-state index < -0.39 is 0 Å². The van der Waals surface area contributed by atoms with Gasteiger partial charge in [0.05, 0.1) is 12.9 Å². The van der Waals surface area contributed by atoms with Gasteiger partial charge in [-0.25, -0.2) is 0 Å². The molecule has 4 heteroatoms. The highest BCUT2D eigenvalue weighted by Crippen LogP contribution is 2.30. The molecule has 1 aromatic rings. The zero-order chi connectivity index (χ0) is 12.1. The Labute approximate surface area is 102 Å². The smallest absolute Gasteiger partial charge is 0.108 e. The van der Waals surface area contributed by atoms with Gasteiger partial charge >= 0.3 is 0 Å². The molecule has 0 saturated heterocycles. The molecule has 1 heterocycles. The zero-order valence-corrected chi connectivity index (χ0v) is 10.3. The van der Waals surface area contributed by atoms with Gasteiger partial charge < -0.3 is 19.6 Å². The molecule has 0 fully saturated rings. The van der Waals surface area contributed by atoms with Crippen molar-refractivity contribution in [2.45, 2.75) is 37.8 Å². The summed E-state index contributed by atoms with van der Waals surface area (Å²) in [5.74, 6) is 1.11. The van der Waals surface area contributed by atoms with Gasteiger partial charge in [0.25, 0.3) is 0 Å². The summed E-state index contributed by atoms with van der Waals surface area (Å²) in [4.78, 5) is 0. The predicted molar refractivity (Wildman–Crippen MR) is 64.9 cm³/mol. The fourth-order valence-electron chi connectivity index (χ4n) is 2.52. The number of hydrogen-bond donors (Lipinski definition) is 2. The number of hydrogen-bond acceptors (Lipinski definition) is 4. The molecule has 1 aliphatic rings. The second kappa shape index (κ2) is 6.19. The number of aliphatic hydroxyl groups is 1. The van der Waals surface area contributed by atoms with Crippen LogP contribution >= 0.6 is 0 Å². The van der Waals surface area contributed by atoms with Crippen molar-refractivity contribution >= 4 is 0 Å². The first-order valence-electron chi connectivity index (χ1n) is 6.27. The van der Waals surface area contributed by atoms with Crippen LogP contribution in [0.2, 0.25) is 0 Å². The second-order valence-corrected chi connectivity index (χ2v) is 4.58. The van der Waals surface area contributed by atoms with Gasteiger partial charge in [-0.3, -0.25) is 0 Å². The Kier molecular flexibility index (Phi) is 4.59. The number of rotatable bonds is 6. The lowest BCUT2D eigenvalue weighted by atomic mass is 9.92. The van der Waals surface area contributed by atoms with Gasteiger partial charge in [-0.05, 0) is 25.3 Å². The molecule has 96 valence electrons. The quantitative estimate of drug-likeness (QED) is 0.792. The summed E-state index contributed by atoms with van der Waals surface area (Å²) >= 11 is 0. The number of ether oxygens (including phenoxy) is 1. The number of nitrogens with one attached hydrogen (secondary N) is 1. The van der Waals surface area contributed by atoms with Gasteiger partial charge in [-0.2, -0.15) is 0 Å². The third-order valence-corrected chi connectivity index (χ3v) is 3.33. The highest BCUT2D eigenvalue weighted by atomic mass is 16.5. The zero-order valence-electron chi connectivity index (χ0n) is 10.3. The Morgan fingerprint density at radius 3 is 3.29 bits per heavy atom. The minimum atomic E-state index is 0.186. The molecule has 1 aromatic heterocycles. The second-order valence-electron chi connectivity index (χ2n) is 4.58. The first kappa shape index (κ1) is 12.6. The van der Waals surface area contributed by atoms with E-state index in [-0.39, 0.29) is 12.6 Å². The van der Waals surface area contributed by atoms with Crippen LogP contribution in [0.15, 0.2) is 16.7 Å². The summed E-state index contributed by atoms with van der Waals surface area (Å²) in [6.07, 6.45) is 5.80. The fourth-order valence-corrected chi connectivity index (χ4v) is 2.52. The molecular formula is C13H21NO3. The van der Waals surface area contributed by atoms with Gasteiger partial charge in [0.15, 0.2) is 0 Å². The highest BCUT2D eigenvalue weighted by Gasteiger charge is 2.24. The van der Waals surface area contributed by atoms with Crippen molar-refractivity contribution in [1.29, 1.82) is 0 Å². The molecule has 0 radical (unpaired) electrons. The summed E-state index contributed by atoms with van der Waals surface area (Å²) in [5.41, 5.74) is 1.27.